The zero-order valence-corrected chi connectivity index (χ0v) is 16.5. The number of sulfonamides is 1. The molecule has 2 aromatic carbocycles. The van der Waals surface area contributed by atoms with Gasteiger partial charge in [0.25, 0.3) is 5.91 Å². The predicted octanol–water partition coefficient (Wildman–Crippen LogP) is 3.66. The molecule has 5 nitrogen and oxygen atoms in total. The van der Waals surface area contributed by atoms with Crippen LogP contribution in [-0.4, -0.2) is 20.4 Å². The van der Waals surface area contributed by atoms with E-state index < -0.39 is 10.0 Å². The lowest BCUT2D eigenvalue weighted by molar-refractivity contribution is 0.0955. The zero-order chi connectivity index (χ0) is 19.6. The van der Waals surface area contributed by atoms with E-state index in [0.29, 0.717) is 20.5 Å². The number of carbonyl (C=O) groups is 1. The minimum atomic E-state index is -3.60. The second kappa shape index (κ2) is 7.75. The average molecular weight is 407 g/mol. The zero-order valence-electron chi connectivity index (χ0n) is 14.8. The summed E-state index contributed by atoms with van der Waals surface area (Å²) in [5.74, 6) is -0.692. The summed E-state index contributed by atoms with van der Waals surface area (Å²) in [5.41, 5.74) is 0.655. The van der Waals surface area contributed by atoms with Crippen molar-refractivity contribution in [3.8, 4) is 0 Å². The lowest BCUT2D eigenvalue weighted by Crippen LogP contribution is -2.30. The van der Waals surface area contributed by atoms with Crippen LogP contribution in [0.5, 0.6) is 0 Å². The summed E-state index contributed by atoms with van der Waals surface area (Å²) in [6.45, 7) is 3.66. The first-order valence-electron chi connectivity index (χ1n) is 8.34. The number of hydrogen-bond acceptors (Lipinski definition) is 4. The van der Waals surface area contributed by atoms with Crippen molar-refractivity contribution in [3.05, 3.63) is 64.8 Å². The maximum Gasteiger partial charge on any atom is 0.261 e. The number of hydrogen-bond donors (Lipinski definition) is 2. The Morgan fingerprint density at radius 3 is 2.59 bits per heavy atom. The first kappa shape index (κ1) is 19.5. The molecule has 0 spiro atoms. The summed E-state index contributed by atoms with van der Waals surface area (Å²) in [4.78, 5) is 12.9. The van der Waals surface area contributed by atoms with Crippen LogP contribution in [0.2, 0.25) is 0 Å². The van der Waals surface area contributed by atoms with Crippen LogP contribution in [0.25, 0.3) is 10.1 Å². The highest BCUT2D eigenvalue weighted by molar-refractivity contribution is 7.89. The first-order valence-corrected chi connectivity index (χ1v) is 10.6. The quantitative estimate of drug-likeness (QED) is 0.656. The van der Waals surface area contributed by atoms with Crippen LogP contribution in [0.3, 0.4) is 0 Å². The van der Waals surface area contributed by atoms with Gasteiger partial charge < -0.3 is 5.32 Å². The molecule has 1 aromatic heterocycles. The third kappa shape index (κ3) is 4.52. The van der Waals surface area contributed by atoms with Gasteiger partial charge in [-0.15, -0.1) is 11.3 Å². The number of amides is 1. The van der Waals surface area contributed by atoms with Crippen LogP contribution in [0.4, 0.5) is 4.39 Å². The van der Waals surface area contributed by atoms with Gasteiger partial charge in [0.05, 0.1) is 9.77 Å². The Labute approximate surface area is 161 Å². The third-order valence-electron chi connectivity index (χ3n) is 3.78. The van der Waals surface area contributed by atoms with Gasteiger partial charge in [0, 0.05) is 22.7 Å². The average Bonchev–Trinajstić information content (AvgIpc) is 3.05. The normalized spacial score (nSPS) is 11.9. The van der Waals surface area contributed by atoms with E-state index >= 15 is 0 Å². The molecule has 0 bridgehead atoms. The summed E-state index contributed by atoms with van der Waals surface area (Å²) in [7, 11) is -3.60. The Morgan fingerprint density at radius 2 is 1.89 bits per heavy atom. The van der Waals surface area contributed by atoms with Crippen molar-refractivity contribution in [2.24, 2.45) is 0 Å². The van der Waals surface area contributed by atoms with Crippen LogP contribution in [0.1, 0.15) is 29.1 Å². The lowest BCUT2D eigenvalue weighted by Gasteiger charge is -2.11. The molecule has 0 atom stereocenters. The molecule has 142 valence electrons. The van der Waals surface area contributed by atoms with Crippen molar-refractivity contribution in [2.45, 2.75) is 31.3 Å². The van der Waals surface area contributed by atoms with Gasteiger partial charge in [-0.25, -0.2) is 17.5 Å². The van der Waals surface area contributed by atoms with E-state index in [9.17, 15) is 17.6 Å². The van der Waals surface area contributed by atoms with Crippen LogP contribution in [0.15, 0.2) is 53.4 Å². The van der Waals surface area contributed by atoms with Crippen molar-refractivity contribution in [2.75, 3.05) is 0 Å². The van der Waals surface area contributed by atoms with E-state index in [2.05, 4.69) is 10.0 Å². The number of halogens is 1. The Hall–Kier alpha value is -2.29. The van der Waals surface area contributed by atoms with E-state index in [1.807, 2.05) is 0 Å². The highest BCUT2D eigenvalue weighted by Gasteiger charge is 2.16. The van der Waals surface area contributed by atoms with E-state index in [4.69, 9.17) is 0 Å². The molecular weight excluding hydrogens is 387 g/mol. The smallest absolute Gasteiger partial charge is 0.261 e. The van der Waals surface area contributed by atoms with Crippen LogP contribution < -0.4 is 10.0 Å². The molecule has 0 saturated heterocycles. The second-order valence-corrected chi connectivity index (χ2v) is 9.17. The van der Waals surface area contributed by atoms with Crippen molar-refractivity contribution < 1.29 is 17.6 Å². The van der Waals surface area contributed by atoms with Gasteiger partial charge >= 0.3 is 0 Å². The van der Waals surface area contributed by atoms with E-state index in [1.165, 1.54) is 35.6 Å². The monoisotopic (exact) mass is 406 g/mol. The molecule has 1 heterocycles. The topological polar surface area (TPSA) is 75.3 Å². The summed E-state index contributed by atoms with van der Waals surface area (Å²) in [6.07, 6.45) is 0. The summed E-state index contributed by atoms with van der Waals surface area (Å²) < 4.78 is 41.5. The van der Waals surface area contributed by atoms with Gasteiger partial charge in [-0.1, -0.05) is 18.2 Å². The van der Waals surface area contributed by atoms with Crippen molar-refractivity contribution in [3.63, 3.8) is 0 Å². The summed E-state index contributed by atoms with van der Waals surface area (Å²) in [5, 5.41) is 3.17. The molecule has 0 aliphatic heterocycles. The molecule has 0 radical (unpaired) electrons. The molecule has 0 aliphatic carbocycles. The van der Waals surface area contributed by atoms with E-state index in [0.717, 1.165) is 0 Å². The van der Waals surface area contributed by atoms with Crippen LogP contribution >= 0.6 is 11.3 Å². The molecule has 3 aromatic rings. The predicted molar refractivity (Wildman–Crippen MR) is 105 cm³/mol. The van der Waals surface area contributed by atoms with Gasteiger partial charge in [0.1, 0.15) is 5.82 Å². The third-order valence-corrected chi connectivity index (χ3v) is 6.54. The molecular formula is C19H19FN2O3S2. The molecule has 0 fully saturated rings. The van der Waals surface area contributed by atoms with Crippen molar-refractivity contribution >= 4 is 37.4 Å². The van der Waals surface area contributed by atoms with Crippen LogP contribution in [-0.2, 0) is 16.6 Å². The number of fused-ring (bicyclic) bond motifs is 1. The van der Waals surface area contributed by atoms with Gasteiger partial charge in [-0.2, -0.15) is 0 Å². The molecule has 3 rings (SSSR count). The Bertz CT molecular complexity index is 1090. The first-order chi connectivity index (χ1) is 12.8. The SMILES string of the molecule is CC(C)NS(=O)(=O)c1cccc(CNC(=O)c2cc3c(F)cccc3s2)c1. The molecule has 0 unspecified atom stereocenters. The lowest BCUT2D eigenvalue weighted by atomic mass is 10.2. The minimum absolute atomic E-state index is 0.145. The maximum atomic E-state index is 13.8. The minimum Gasteiger partial charge on any atom is -0.347 e. The maximum absolute atomic E-state index is 13.8. The van der Waals surface area contributed by atoms with Crippen molar-refractivity contribution in [1.82, 2.24) is 10.0 Å². The molecule has 8 heteroatoms. The number of nitrogens with one attached hydrogen (secondary N) is 2. The largest absolute Gasteiger partial charge is 0.347 e. The fourth-order valence-corrected chi connectivity index (χ4v) is 4.92. The number of thiophene rings is 1. The molecule has 1 amide bonds. The van der Waals surface area contributed by atoms with E-state index in [1.54, 1.807) is 38.1 Å². The van der Waals surface area contributed by atoms with Gasteiger partial charge in [0.2, 0.25) is 10.0 Å². The highest BCUT2D eigenvalue weighted by Crippen LogP contribution is 2.27. The van der Waals surface area contributed by atoms with Gasteiger partial charge in [0.15, 0.2) is 0 Å². The highest BCUT2D eigenvalue weighted by atomic mass is 32.2. The Balaban J connectivity index is 1.73. The molecule has 27 heavy (non-hydrogen) atoms. The van der Waals surface area contributed by atoms with Crippen LogP contribution in [0, 0.1) is 5.82 Å². The Kier molecular flexibility index (Phi) is 5.59. The Morgan fingerprint density at radius 1 is 1.15 bits per heavy atom. The molecule has 0 aliphatic rings. The molecule has 0 saturated carbocycles. The fourth-order valence-electron chi connectivity index (χ4n) is 2.61. The number of benzene rings is 2. The fraction of sp³-hybridized carbons (Fsp3) is 0.211. The van der Waals surface area contributed by atoms with Gasteiger partial charge in [-0.05, 0) is 49.7 Å². The number of rotatable bonds is 6. The summed E-state index contributed by atoms with van der Waals surface area (Å²) in [6, 6.07) is 12.4. The van der Waals surface area contributed by atoms with Crippen molar-refractivity contribution in [1.29, 1.82) is 0 Å². The summed E-state index contributed by atoms with van der Waals surface area (Å²) >= 11 is 1.21. The van der Waals surface area contributed by atoms with E-state index in [-0.39, 0.29) is 29.2 Å². The molecule has 2 N–H and O–H groups in total. The standard InChI is InChI=1S/C19H19FN2O3S2/c1-12(2)22-27(24,25)14-6-3-5-13(9-14)11-21-19(23)18-10-15-16(20)7-4-8-17(15)26-18/h3-10,12,22H,11H2,1-2H3,(H,21,23). The second-order valence-electron chi connectivity index (χ2n) is 6.37. The number of carbonyl (C=O) groups excluding carboxylic acids is 1. The van der Waals surface area contributed by atoms with Gasteiger partial charge in [-0.3, -0.25) is 4.79 Å².